The van der Waals surface area contributed by atoms with E-state index >= 15 is 0 Å². The fraction of sp³-hybridized carbons (Fsp3) is 0.538. The van der Waals surface area contributed by atoms with Crippen LogP contribution in [0.5, 0.6) is 0 Å². The second-order valence-electron chi connectivity index (χ2n) is 5.94. The lowest BCUT2D eigenvalue weighted by molar-refractivity contribution is -0.391. The molecule has 0 radical (unpaired) electrons. The maximum Gasteiger partial charge on any atom is 0.368 e. The van der Waals surface area contributed by atoms with Gasteiger partial charge in [-0.1, -0.05) is 29.9 Å². The summed E-state index contributed by atoms with van der Waals surface area (Å²) in [6.07, 6.45) is 4.70. The van der Waals surface area contributed by atoms with Crippen LogP contribution in [0, 0.1) is 15.5 Å². The van der Waals surface area contributed by atoms with Crippen LogP contribution in [0.3, 0.4) is 0 Å². The first-order valence-corrected chi connectivity index (χ1v) is 6.73. The van der Waals surface area contributed by atoms with Crippen LogP contribution >= 0.6 is 0 Å². The molecule has 0 aliphatic heterocycles. The third-order valence-corrected chi connectivity index (χ3v) is 4.11. The molecule has 2 aromatic rings. The monoisotopic (exact) mass is 275 g/mol. The molecule has 1 saturated carbocycles. The predicted molar refractivity (Wildman–Crippen MR) is 74.7 cm³/mol. The maximum absolute atomic E-state index is 10.9. The highest BCUT2D eigenvalue weighted by atomic mass is 16.6. The molecule has 1 aliphatic rings. The van der Waals surface area contributed by atoms with Crippen LogP contribution in [-0.4, -0.2) is 25.6 Å². The Balaban J connectivity index is 1.92. The summed E-state index contributed by atoms with van der Waals surface area (Å²) in [5, 5.41) is 18.6. The minimum atomic E-state index is -0.476. The zero-order valence-corrected chi connectivity index (χ0v) is 11.5. The molecule has 0 spiro atoms. The van der Waals surface area contributed by atoms with Crippen LogP contribution in [0.15, 0.2) is 18.3 Å². The van der Waals surface area contributed by atoms with E-state index in [1.807, 2.05) is 6.07 Å². The number of imidazole rings is 1. The smallest absolute Gasteiger partial charge is 0.364 e. The van der Waals surface area contributed by atoms with Crippen molar-refractivity contribution in [2.45, 2.75) is 39.2 Å². The molecule has 20 heavy (non-hydrogen) atoms. The molecule has 106 valence electrons. The first kappa shape index (κ1) is 12.8. The number of rotatable bonds is 3. The van der Waals surface area contributed by atoms with Gasteiger partial charge in [0.15, 0.2) is 5.82 Å². The molecule has 1 atom stereocenters. The van der Waals surface area contributed by atoms with Crippen molar-refractivity contribution < 1.29 is 4.92 Å². The van der Waals surface area contributed by atoms with E-state index in [1.165, 1.54) is 23.6 Å². The highest BCUT2D eigenvalue weighted by Crippen LogP contribution is 2.38. The number of nitrogens with zero attached hydrogens (tertiary/aromatic N) is 4. The van der Waals surface area contributed by atoms with E-state index < -0.39 is 4.92 Å². The van der Waals surface area contributed by atoms with Gasteiger partial charge < -0.3 is 15.4 Å². The van der Waals surface area contributed by atoms with Crippen LogP contribution in [0.1, 0.15) is 33.1 Å². The quantitative estimate of drug-likeness (QED) is 0.687. The zero-order valence-electron chi connectivity index (χ0n) is 11.5. The van der Waals surface area contributed by atoms with Gasteiger partial charge >= 0.3 is 5.82 Å². The topological polar surface area (TPSA) is 85.4 Å². The molecule has 7 nitrogen and oxygen atoms in total. The second-order valence-corrected chi connectivity index (χ2v) is 5.94. The molecule has 2 aromatic heterocycles. The number of hydrogen-bond acceptors (Lipinski definition) is 5. The Morgan fingerprint density at radius 2 is 2.30 bits per heavy atom. The summed E-state index contributed by atoms with van der Waals surface area (Å²) in [4.78, 5) is 14.4. The van der Waals surface area contributed by atoms with Crippen molar-refractivity contribution in [1.82, 2.24) is 14.6 Å². The van der Waals surface area contributed by atoms with Gasteiger partial charge in [-0.3, -0.25) is 0 Å². The normalized spacial score (nSPS) is 21.2. The van der Waals surface area contributed by atoms with Crippen molar-refractivity contribution in [2.75, 3.05) is 5.32 Å². The molecule has 1 unspecified atom stereocenters. The second kappa shape index (κ2) is 4.43. The van der Waals surface area contributed by atoms with E-state index in [0.717, 1.165) is 6.42 Å². The molecule has 3 rings (SSSR count). The van der Waals surface area contributed by atoms with E-state index in [1.54, 1.807) is 6.07 Å². The molecule has 1 N–H and O–H groups in total. The lowest BCUT2D eigenvalue weighted by Crippen LogP contribution is -2.31. The molecule has 0 amide bonds. The Bertz CT molecular complexity index is 664. The summed E-state index contributed by atoms with van der Waals surface area (Å²) < 4.78 is 1.27. The molecular weight excluding hydrogens is 258 g/mol. The Morgan fingerprint density at radius 3 is 2.95 bits per heavy atom. The van der Waals surface area contributed by atoms with Gasteiger partial charge in [-0.15, -0.1) is 0 Å². The van der Waals surface area contributed by atoms with Crippen LogP contribution < -0.4 is 5.32 Å². The Kier molecular flexibility index (Phi) is 2.84. The van der Waals surface area contributed by atoms with Crippen molar-refractivity contribution in [2.24, 2.45) is 5.41 Å². The largest absolute Gasteiger partial charge is 0.368 e. The average molecular weight is 275 g/mol. The molecule has 2 heterocycles. The lowest BCUT2D eigenvalue weighted by atomic mass is 9.87. The number of hydrogen-bond donors (Lipinski definition) is 1. The van der Waals surface area contributed by atoms with E-state index in [2.05, 4.69) is 29.2 Å². The maximum atomic E-state index is 10.9. The van der Waals surface area contributed by atoms with Gasteiger partial charge in [0.1, 0.15) is 6.20 Å². The Labute approximate surface area is 116 Å². The first-order valence-electron chi connectivity index (χ1n) is 6.73. The molecule has 0 aromatic carbocycles. The fourth-order valence-electron chi connectivity index (χ4n) is 2.84. The van der Waals surface area contributed by atoms with Crippen LogP contribution in [0.2, 0.25) is 0 Å². The van der Waals surface area contributed by atoms with Crippen LogP contribution in [-0.2, 0) is 0 Å². The van der Waals surface area contributed by atoms with Crippen molar-refractivity contribution >= 4 is 17.3 Å². The Morgan fingerprint density at radius 1 is 1.50 bits per heavy atom. The Hall–Kier alpha value is -2.18. The fourth-order valence-corrected chi connectivity index (χ4v) is 2.84. The van der Waals surface area contributed by atoms with Crippen molar-refractivity contribution in [3.05, 3.63) is 28.4 Å². The summed E-state index contributed by atoms with van der Waals surface area (Å²) in [5.41, 5.74) is 0.699. The van der Waals surface area contributed by atoms with Gasteiger partial charge in [-0.25, -0.2) is 4.98 Å². The highest BCUT2D eigenvalue weighted by Gasteiger charge is 2.34. The van der Waals surface area contributed by atoms with Crippen molar-refractivity contribution in [1.29, 1.82) is 0 Å². The third kappa shape index (κ3) is 2.09. The molecule has 0 saturated heterocycles. The van der Waals surface area contributed by atoms with Crippen molar-refractivity contribution in [3.63, 3.8) is 0 Å². The standard InChI is InChI=1S/C13H17N5O2/c1-13(2)7-3-4-9(13)15-10-5-6-11-14-8-12(18(19)20)17(11)16-10/h5-6,8-9H,3-4,7H2,1-2H3,(H,15,16). The number of anilines is 1. The summed E-state index contributed by atoms with van der Waals surface area (Å²) in [6.45, 7) is 4.46. The number of aromatic nitrogens is 3. The zero-order chi connectivity index (χ0) is 14.3. The van der Waals surface area contributed by atoms with Gasteiger partial charge in [0.05, 0.1) is 0 Å². The minimum absolute atomic E-state index is 0.116. The minimum Gasteiger partial charge on any atom is -0.364 e. The number of nitro groups is 1. The van der Waals surface area contributed by atoms with E-state index in [0.29, 0.717) is 17.5 Å². The summed E-state index contributed by atoms with van der Waals surface area (Å²) in [6, 6.07) is 3.90. The average Bonchev–Trinajstić information content (AvgIpc) is 2.93. The van der Waals surface area contributed by atoms with Gasteiger partial charge in [0.25, 0.3) is 0 Å². The van der Waals surface area contributed by atoms with Gasteiger partial charge in [-0.05, 0) is 29.2 Å². The van der Waals surface area contributed by atoms with E-state index in [9.17, 15) is 10.1 Å². The van der Waals surface area contributed by atoms with Gasteiger partial charge in [0.2, 0.25) is 5.65 Å². The van der Waals surface area contributed by atoms with Gasteiger partial charge in [-0.2, -0.15) is 0 Å². The SMILES string of the molecule is CC1(C)CCCC1Nc1ccc2ncc([N+](=O)[O-])n2n1. The number of nitrogens with one attached hydrogen (secondary N) is 1. The van der Waals surface area contributed by atoms with Gasteiger partial charge in [0, 0.05) is 12.1 Å². The molecule has 7 heteroatoms. The summed E-state index contributed by atoms with van der Waals surface area (Å²) in [7, 11) is 0. The molecular formula is C13H17N5O2. The number of fused-ring (bicyclic) bond motifs is 1. The molecule has 0 bridgehead atoms. The third-order valence-electron chi connectivity index (χ3n) is 4.11. The van der Waals surface area contributed by atoms with E-state index in [4.69, 9.17) is 0 Å². The van der Waals surface area contributed by atoms with Crippen LogP contribution in [0.4, 0.5) is 11.6 Å². The molecule has 1 aliphatic carbocycles. The van der Waals surface area contributed by atoms with Crippen LogP contribution in [0.25, 0.3) is 5.65 Å². The van der Waals surface area contributed by atoms with Crippen molar-refractivity contribution in [3.8, 4) is 0 Å². The predicted octanol–water partition coefficient (Wildman–Crippen LogP) is 2.63. The summed E-state index contributed by atoms with van der Waals surface area (Å²) >= 11 is 0. The van der Waals surface area contributed by atoms with E-state index in [-0.39, 0.29) is 11.2 Å². The highest BCUT2D eigenvalue weighted by molar-refractivity contribution is 5.48. The lowest BCUT2D eigenvalue weighted by Gasteiger charge is -2.27. The molecule has 1 fully saturated rings. The summed E-state index contributed by atoms with van der Waals surface area (Å²) in [5.74, 6) is 0.535. The first-order chi connectivity index (χ1) is 9.47.